The van der Waals surface area contributed by atoms with Crippen LogP contribution in [0, 0.1) is 17.0 Å². The lowest BCUT2D eigenvalue weighted by atomic mass is 10.1. The van der Waals surface area contributed by atoms with Crippen molar-refractivity contribution >= 4 is 17.5 Å². The second-order valence-corrected chi connectivity index (χ2v) is 10.3. The number of aromatic nitrogens is 2. The molecule has 238 valence electrons. The molecule has 5 aromatic rings. The topological polar surface area (TPSA) is 116 Å². The summed E-state index contributed by atoms with van der Waals surface area (Å²) in [6, 6.07) is 22.9. The third-order valence-electron chi connectivity index (χ3n) is 7.15. The van der Waals surface area contributed by atoms with E-state index >= 15 is 0 Å². The van der Waals surface area contributed by atoms with E-state index in [1.807, 2.05) is 29.2 Å². The molecule has 46 heavy (non-hydrogen) atoms. The number of rotatable bonds is 12. The van der Waals surface area contributed by atoms with Gasteiger partial charge >= 0.3 is 11.9 Å². The molecule has 0 bridgehead atoms. The molecule has 0 aliphatic rings. The van der Waals surface area contributed by atoms with Gasteiger partial charge in [-0.1, -0.05) is 42.5 Å². The predicted molar refractivity (Wildman–Crippen MR) is 166 cm³/mol. The number of nitrogens with zero attached hydrogens (tertiary/aromatic N) is 4. The molecule has 3 aromatic carbocycles. The van der Waals surface area contributed by atoms with E-state index in [0.717, 1.165) is 17.2 Å². The minimum Gasteiger partial charge on any atom is -0.497 e. The number of halogens is 3. The Morgan fingerprint density at radius 2 is 1.46 bits per heavy atom. The van der Waals surface area contributed by atoms with Crippen molar-refractivity contribution in [3.05, 3.63) is 123 Å². The number of aryl methyl sites for hydroxylation is 1. The summed E-state index contributed by atoms with van der Waals surface area (Å²) >= 11 is 0. The van der Waals surface area contributed by atoms with Crippen molar-refractivity contribution in [3.63, 3.8) is 0 Å². The van der Waals surface area contributed by atoms with Crippen LogP contribution in [0.5, 0.6) is 11.5 Å². The number of alkyl halides is 3. The zero-order valence-electron chi connectivity index (χ0n) is 25.2. The Labute approximate surface area is 262 Å². The molecule has 0 amide bonds. The Morgan fingerprint density at radius 3 is 1.96 bits per heavy atom. The Balaban J connectivity index is 1.63. The van der Waals surface area contributed by atoms with Crippen molar-refractivity contribution in [1.29, 1.82) is 0 Å². The molecule has 5 rings (SSSR count). The van der Waals surface area contributed by atoms with E-state index in [9.17, 15) is 23.3 Å². The Bertz CT molecular complexity index is 1760. The molecule has 10 nitrogen and oxygen atoms in total. The Hall–Kier alpha value is -5.59. The lowest BCUT2D eigenvalue weighted by molar-refractivity contribution is -0.383. The zero-order valence-corrected chi connectivity index (χ0v) is 25.2. The van der Waals surface area contributed by atoms with Gasteiger partial charge in [0.1, 0.15) is 17.3 Å². The first-order valence-corrected chi connectivity index (χ1v) is 14.1. The summed E-state index contributed by atoms with van der Waals surface area (Å²) in [6.45, 7) is 1.85. The fourth-order valence-corrected chi connectivity index (χ4v) is 4.84. The highest BCUT2D eigenvalue weighted by molar-refractivity contribution is 5.76. The van der Waals surface area contributed by atoms with Gasteiger partial charge in [0, 0.05) is 19.6 Å². The van der Waals surface area contributed by atoms with Crippen LogP contribution in [0.25, 0.3) is 11.5 Å². The maximum absolute atomic E-state index is 13.8. The van der Waals surface area contributed by atoms with E-state index in [0.29, 0.717) is 17.3 Å². The van der Waals surface area contributed by atoms with Gasteiger partial charge in [0.2, 0.25) is 11.8 Å². The highest BCUT2D eigenvalue weighted by Crippen LogP contribution is 2.38. The van der Waals surface area contributed by atoms with Gasteiger partial charge in [0.05, 0.1) is 24.7 Å². The number of furan rings is 1. The molecule has 2 aromatic heterocycles. The molecule has 0 saturated heterocycles. The molecule has 2 heterocycles. The van der Waals surface area contributed by atoms with E-state index in [1.165, 1.54) is 18.2 Å². The van der Waals surface area contributed by atoms with Gasteiger partial charge in [0.25, 0.3) is 0 Å². The van der Waals surface area contributed by atoms with Gasteiger partial charge in [0.15, 0.2) is 11.5 Å². The van der Waals surface area contributed by atoms with Gasteiger partial charge in [-0.2, -0.15) is 18.2 Å². The number of nitrogens with one attached hydrogen (secondary N) is 1. The molecule has 0 aliphatic heterocycles. The van der Waals surface area contributed by atoms with E-state index in [1.54, 1.807) is 57.5 Å². The summed E-state index contributed by atoms with van der Waals surface area (Å²) in [7, 11) is 3.13. The fraction of sp³-hybridized carbons (Fsp3) is 0.212. The van der Waals surface area contributed by atoms with E-state index in [2.05, 4.69) is 15.3 Å². The van der Waals surface area contributed by atoms with Crippen LogP contribution >= 0.6 is 0 Å². The van der Waals surface area contributed by atoms with Gasteiger partial charge in [-0.15, -0.1) is 0 Å². The molecule has 0 radical (unpaired) electrons. The number of ether oxygens (including phenoxy) is 2. The standard InChI is InChI=1S/C33H30F3N5O5/c1-21-8-17-28(46-21)29-30(41(42)43)31(37-18-24-6-4-5-7-27(24)33(34,35)36)39-32(38-29)40(19-22-9-13-25(44-2)14-10-22)20-23-11-15-26(45-3)16-12-23/h4-17H,18-20H2,1-3H3,(H,37,38,39). The average molecular weight is 634 g/mol. The van der Waals surface area contributed by atoms with Crippen LogP contribution in [0.1, 0.15) is 28.0 Å². The zero-order chi connectivity index (χ0) is 32.8. The first-order chi connectivity index (χ1) is 22.0. The van der Waals surface area contributed by atoms with Gasteiger partial charge in [-0.3, -0.25) is 10.1 Å². The quantitative estimate of drug-likeness (QED) is 0.108. The maximum Gasteiger partial charge on any atom is 0.416 e. The second kappa shape index (κ2) is 13.6. The third kappa shape index (κ3) is 7.37. The van der Waals surface area contributed by atoms with Crippen LogP contribution in [0.3, 0.4) is 0 Å². The van der Waals surface area contributed by atoms with Crippen molar-refractivity contribution in [2.45, 2.75) is 32.7 Å². The lowest BCUT2D eigenvalue weighted by Gasteiger charge is -2.24. The van der Waals surface area contributed by atoms with Crippen molar-refractivity contribution in [2.75, 3.05) is 24.4 Å². The monoisotopic (exact) mass is 633 g/mol. The van der Waals surface area contributed by atoms with Gasteiger partial charge < -0.3 is 24.1 Å². The van der Waals surface area contributed by atoms with Crippen molar-refractivity contribution in [2.24, 2.45) is 0 Å². The number of hydrogen-bond acceptors (Lipinski definition) is 9. The smallest absolute Gasteiger partial charge is 0.416 e. The largest absolute Gasteiger partial charge is 0.497 e. The normalized spacial score (nSPS) is 11.3. The number of anilines is 2. The summed E-state index contributed by atoms with van der Waals surface area (Å²) in [6.07, 6.45) is -4.62. The van der Waals surface area contributed by atoms with E-state index in [-0.39, 0.29) is 48.4 Å². The first-order valence-electron chi connectivity index (χ1n) is 14.1. The van der Waals surface area contributed by atoms with Crippen LogP contribution in [-0.4, -0.2) is 29.1 Å². The van der Waals surface area contributed by atoms with Crippen LogP contribution in [0.15, 0.2) is 89.3 Å². The Kier molecular flexibility index (Phi) is 9.40. The highest BCUT2D eigenvalue weighted by atomic mass is 19.4. The maximum atomic E-state index is 13.8. The molecule has 0 spiro atoms. The number of nitro groups is 1. The first kappa shape index (κ1) is 31.8. The number of hydrogen-bond donors (Lipinski definition) is 1. The molecule has 0 atom stereocenters. The molecule has 0 fully saturated rings. The average Bonchev–Trinajstić information content (AvgIpc) is 3.49. The van der Waals surface area contributed by atoms with Crippen LogP contribution in [-0.2, 0) is 25.8 Å². The van der Waals surface area contributed by atoms with Crippen LogP contribution in [0.2, 0.25) is 0 Å². The molecular formula is C33H30F3N5O5. The van der Waals surface area contributed by atoms with Crippen molar-refractivity contribution < 1.29 is 32.0 Å². The van der Waals surface area contributed by atoms with Gasteiger partial charge in [-0.05, 0) is 66.1 Å². The predicted octanol–water partition coefficient (Wildman–Crippen LogP) is 7.81. The molecule has 0 unspecified atom stereocenters. The summed E-state index contributed by atoms with van der Waals surface area (Å²) in [5.74, 6) is 1.77. The van der Waals surface area contributed by atoms with Crippen molar-refractivity contribution in [3.8, 4) is 23.0 Å². The second-order valence-electron chi connectivity index (χ2n) is 10.3. The number of benzene rings is 3. The molecule has 1 N–H and O–H groups in total. The number of methoxy groups -OCH3 is 2. The third-order valence-corrected chi connectivity index (χ3v) is 7.15. The SMILES string of the molecule is COc1ccc(CN(Cc2ccc(OC)cc2)c2nc(NCc3ccccc3C(F)(F)F)c([N+](=O)[O-])c(-c3ccc(C)o3)n2)cc1. The molecule has 0 saturated carbocycles. The van der Waals surface area contributed by atoms with Crippen LogP contribution < -0.4 is 19.7 Å². The summed E-state index contributed by atoms with van der Waals surface area (Å²) in [4.78, 5) is 22.8. The highest BCUT2D eigenvalue weighted by Gasteiger charge is 2.34. The lowest BCUT2D eigenvalue weighted by Crippen LogP contribution is -2.25. The Morgan fingerprint density at radius 1 is 0.870 bits per heavy atom. The van der Waals surface area contributed by atoms with Crippen molar-refractivity contribution in [1.82, 2.24) is 9.97 Å². The minimum atomic E-state index is -4.62. The summed E-state index contributed by atoms with van der Waals surface area (Å²) in [5.41, 5.74) is 0.108. The molecule has 0 aliphatic carbocycles. The summed E-state index contributed by atoms with van der Waals surface area (Å²) < 4.78 is 57.6. The minimum absolute atomic E-state index is 0.0906. The van der Waals surface area contributed by atoms with Crippen LogP contribution in [0.4, 0.5) is 30.6 Å². The van der Waals surface area contributed by atoms with E-state index in [4.69, 9.17) is 13.9 Å². The summed E-state index contributed by atoms with van der Waals surface area (Å²) in [5, 5.41) is 15.3. The molecule has 13 heteroatoms. The molecular weight excluding hydrogens is 603 g/mol. The van der Waals surface area contributed by atoms with E-state index < -0.39 is 22.4 Å². The van der Waals surface area contributed by atoms with Gasteiger partial charge in [-0.25, -0.2) is 4.98 Å². The fourth-order valence-electron chi connectivity index (χ4n) is 4.84.